The van der Waals surface area contributed by atoms with Crippen LogP contribution < -0.4 is 14.8 Å². The van der Waals surface area contributed by atoms with E-state index < -0.39 is 15.9 Å². The molecule has 1 aliphatic rings. The van der Waals surface area contributed by atoms with Gasteiger partial charge >= 0.3 is 0 Å². The van der Waals surface area contributed by atoms with Gasteiger partial charge in [0.1, 0.15) is 6.61 Å². The number of ether oxygens (including phenoxy) is 2. The maximum absolute atomic E-state index is 11.9. The molecule has 1 N–H and O–H groups in total. The van der Waals surface area contributed by atoms with Gasteiger partial charge in [-0.05, 0) is 12.1 Å². The average Bonchev–Trinajstić information content (AvgIpc) is 3.00. The SMILES string of the molecule is CN(CC(=O)Nc1cnn(C[C@@H]2COc3ccccc3O2)c1)S(C)(=O)=O. The first-order chi connectivity index (χ1) is 12.3. The van der Waals surface area contributed by atoms with Crippen molar-refractivity contribution in [1.82, 2.24) is 14.1 Å². The standard InChI is InChI=1S/C16H20N4O5S/c1-19(26(2,22)23)10-16(21)18-12-7-17-20(8-12)9-13-11-24-14-5-3-4-6-15(14)25-13/h3-8,13H,9-11H2,1-2H3,(H,18,21)/t13-/m1/s1. The van der Waals surface area contributed by atoms with Crippen molar-refractivity contribution in [2.75, 3.05) is 31.8 Å². The third-order valence-electron chi connectivity index (χ3n) is 3.81. The van der Waals surface area contributed by atoms with Crippen LogP contribution in [0.4, 0.5) is 5.69 Å². The van der Waals surface area contributed by atoms with Gasteiger partial charge in [-0.1, -0.05) is 12.1 Å². The largest absolute Gasteiger partial charge is 0.486 e. The molecule has 1 atom stereocenters. The molecule has 1 aliphatic heterocycles. The first-order valence-corrected chi connectivity index (χ1v) is 9.78. The van der Waals surface area contributed by atoms with Gasteiger partial charge in [0, 0.05) is 13.2 Å². The van der Waals surface area contributed by atoms with E-state index in [9.17, 15) is 13.2 Å². The highest BCUT2D eigenvalue weighted by Crippen LogP contribution is 2.31. The Morgan fingerprint density at radius 1 is 1.38 bits per heavy atom. The molecule has 0 radical (unpaired) electrons. The predicted molar refractivity (Wildman–Crippen MR) is 94.7 cm³/mol. The van der Waals surface area contributed by atoms with Gasteiger partial charge in [0.15, 0.2) is 17.6 Å². The molecule has 1 aromatic heterocycles. The van der Waals surface area contributed by atoms with Crippen molar-refractivity contribution in [2.24, 2.45) is 0 Å². The Morgan fingerprint density at radius 2 is 2.12 bits per heavy atom. The number of carbonyl (C=O) groups excluding carboxylic acids is 1. The molecule has 10 heteroatoms. The Bertz CT molecular complexity index is 896. The number of carbonyl (C=O) groups is 1. The zero-order valence-electron chi connectivity index (χ0n) is 14.5. The number of sulfonamides is 1. The van der Waals surface area contributed by atoms with Crippen molar-refractivity contribution in [3.8, 4) is 11.5 Å². The van der Waals surface area contributed by atoms with Crippen LogP contribution in [0, 0.1) is 0 Å². The number of benzene rings is 1. The number of amides is 1. The van der Waals surface area contributed by atoms with Crippen LogP contribution >= 0.6 is 0 Å². The third kappa shape index (κ3) is 4.52. The molecule has 26 heavy (non-hydrogen) atoms. The molecule has 9 nitrogen and oxygen atoms in total. The van der Waals surface area contributed by atoms with E-state index in [0.29, 0.717) is 30.3 Å². The first kappa shape index (κ1) is 18.2. The molecule has 1 aromatic carbocycles. The first-order valence-electron chi connectivity index (χ1n) is 7.93. The quantitative estimate of drug-likeness (QED) is 0.785. The molecule has 2 aromatic rings. The molecule has 2 heterocycles. The number of fused-ring (bicyclic) bond motifs is 1. The minimum atomic E-state index is -3.41. The number of likely N-dealkylation sites (N-methyl/N-ethyl adjacent to an activating group) is 1. The summed E-state index contributed by atoms with van der Waals surface area (Å²) >= 11 is 0. The summed E-state index contributed by atoms with van der Waals surface area (Å²) in [6.45, 7) is 0.589. The second-order valence-corrected chi connectivity index (χ2v) is 8.11. The van der Waals surface area contributed by atoms with Gasteiger partial charge in [-0.15, -0.1) is 0 Å². The van der Waals surface area contributed by atoms with E-state index in [1.165, 1.54) is 13.2 Å². The molecule has 0 unspecified atom stereocenters. The van der Waals surface area contributed by atoms with Crippen molar-refractivity contribution in [1.29, 1.82) is 0 Å². The van der Waals surface area contributed by atoms with Crippen LogP contribution in [-0.2, 0) is 21.4 Å². The maximum Gasteiger partial charge on any atom is 0.239 e. The van der Waals surface area contributed by atoms with E-state index in [0.717, 1.165) is 10.6 Å². The van der Waals surface area contributed by atoms with E-state index in [-0.39, 0.29) is 12.6 Å². The van der Waals surface area contributed by atoms with E-state index in [4.69, 9.17) is 9.47 Å². The number of nitrogens with zero attached hydrogens (tertiary/aromatic N) is 3. The van der Waals surface area contributed by atoms with Crippen molar-refractivity contribution in [3.05, 3.63) is 36.7 Å². The third-order valence-corrected chi connectivity index (χ3v) is 5.07. The van der Waals surface area contributed by atoms with Crippen LogP contribution in [-0.4, -0.2) is 61.0 Å². The molecule has 140 valence electrons. The van der Waals surface area contributed by atoms with E-state index in [2.05, 4.69) is 10.4 Å². The molecule has 0 aliphatic carbocycles. The van der Waals surface area contributed by atoms with Crippen LogP contribution in [0.15, 0.2) is 36.7 Å². The van der Waals surface area contributed by atoms with Crippen molar-refractivity contribution >= 4 is 21.6 Å². The summed E-state index contributed by atoms with van der Waals surface area (Å²) in [5, 5.41) is 6.80. The highest BCUT2D eigenvalue weighted by atomic mass is 32.2. The van der Waals surface area contributed by atoms with Crippen LogP contribution in [0.25, 0.3) is 0 Å². The lowest BCUT2D eigenvalue weighted by atomic mass is 10.2. The minimum Gasteiger partial charge on any atom is -0.486 e. The molecule has 3 rings (SSSR count). The van der Waals surface area contributed by atoms with Crippen molar-refractivity contribution in [2.45, 2.75) is 12.6 Å². The van der Waals surface area contributed by atoms with Crippen LogP contribution in [0.1, 0.15) is 0 Å². The zero-order chi connectivity index (χ0) is 18.7. The fraction of sp³-hybridized carbons (Fsp3) is 0.375. The fourth-order valence-electron chi connectivity index (χ4n) is 2.41. The summed E-state index contributed by atoms with van der Waals surface area (Å²) < 4.78 is 36.8. The summed E-state index contributed by atoms with van der Waals surface area (Å²) in [7, 11) is -2.06. The van der Waals surface area contributed by atoms with Gasteiger partial charge in [-0.3, -0.25) is 9.48 Å². The number of para-hydroxylation sites is 2. The average molecular weight is 380 g/mol. The predicted octanol–water partition coefficient (Wildman–Crippen LogP) is 0.553. The van der Waals surface area contributed by atoms with Gasteiger partial charge in [-0.25, -0.2) is 8.42 Å². The number of hydrogen-bond donors (Lipinski definition) is 1. The molecule has 0 fully saturated rings. The highest BCUT2D eigenvalue weighted by Gasteiger charge is 2.21. The summed E-state index contributed by atoms with van der Waals surface area (Å²) in [5.41, 5.74) is 0.481. The summed E-state index contributed by atoms with van der Waals surface area (Å²) in [6.07, 6.45) is 3.99. The lowest BCUT2D eigenvalue weighted by Gasteiger charge is -2.26. The number of nitrogens with one attached hydrogen (secondary N) is 1. The second-order valence-electron chi connectivity index (χ2n) is 6.02. The number of rotatable bonds is 6. The van der Waals surface area contributed by atoms with Gasteiger partial charge in [0.05, 0.1) is 31.2 Å². The Morgan fingerprint density at radius 3 is 2.85 bits per heavy atom. The maximum atomic E-state index is 11.9. The number of anilines is 1. The topological polar surface area (TPSA) is 103 Å². The smallest absolute Gasteiger partial charge is 0.239 e. The van der Waals surface area contributed by atoms with E-state index in [1.807, 2.05) is 24.3 Å². The number of aromatic nitrogens is 2. The van der Waals surface area contributed by atoms with Crippen molar-refractivity contribution < 1.29 is 22.7 Å². The molecule has 0 bridgehead atoms. The summed E-state index contributed by atoms with van der Waals surface area (Å²) in [6, 6.07) is 7.45. The van der Waals surface area contributed by atoms with Gasteiger partial charge < -0.3 is 14.8 Å². The van der Waals surface area contributed by atoms with Gasteiger partial charge in [0.2, 0.25) is 15.9 Å². The minimum absolute atomic E-state index is 0.204. The zero-order valence-corrected chi connectivity index (χ0v) is 15.3. The Hall–Kier alpha value is -2.59. The second kappa shape index (κ2) is 7.34. The van der Waals surface area contributed by atoms with Crippen LogP contribution in [0.2, 0.25) is 0 Å². The normalized spacial score (nSPS) is 16.5. The molecular formula is C16H20N4O5S. The molecule has 0 saturated carbocycles. The molecule has 1 amide bonds. The molecular weight excluding hydrogens is 360 g/mol. The lowest BCUT2D eigenvalue weighted by Crippen LogP contribution is -2.34. The Balaban J connectivity index is 1.55. The van der Waals surface area contributed by atoms with Gasteiger partial charge in [-0.2, -0.15) is 9.40 Å². The van der Waals surface area contributed by atoms with Crippen LogP contribution in [0.3, 0.4) is 0 Å². The molecule has 0 saturated heterocycles. The fourth-order valence-corrected chi connectivity index (χ4v) is 2.76. The number of hydrogen-bond acceptors (Lipinski definition) is 6. The molecule has 0 spiro atoms. The lowest BCUT2D eigenvalue weighted by molar-refractivity contribution is -0.116. The Kier molecular flexibility index (Phi) is 5.14. The van der Waals surface area contributed by atoms with Crippen molar-refractivity contribution in [3.63, 3.8) is 0 Å². The van der Waals surface area contributed by atoms with E-state index in [1.54, 1.807) is 10.9 Å². The summed E-state index contributed by atoms with van der Waals surface area (Å²) in [4.78, 5) is 11.9. The summed E-state index contributed by atoms with van der Waals surface area (Å²) in [5.74, 6) is 0.962. The highest BCUT2D eigenvalue weighted by molar-refractivity contribution is 7.88. The van der Waals surface area contributed by atoms with Crippen LogP contribution in [0.5, 0.6) is 11.5 Å². The monoisotopic (exact) mass is 380 g/mol. The Labute approximate surface area is 151 Å². The van der Waals surface area contributed by atoms with Gasteiger partial charge in [0.25, 0.3) is 0 Å². The van der Waals surface area contributed by atoms with E-state index >= 15 is 0 Å².